The van der Waals surface area contributed by atoms with Crippen molar-refractivity contribution in [3.8, 4) is 33.9 Å². The molecular formula is C23H15FN8. The Morgan fingerprint density at radius 2 is 1.78 bits per heavy atom. The molecule has 2 N–H and O–H groups in total. The first-order valence-corrected chi connectivity index (χ1v) is 9.91. The summed E-state index contributed by atoms with van der Waals surface area (Å²) in [5.41, 5.74) is 5.38. The minimum Gasteiger partial charge on any atom is -0.321 e. The molecule has 9 heteroatoms. The summed E-state index contributed by atoms with van der Waals surface area (Å²) in [5.74, 6) is -0.0453. The number of aromatic nitrogens is 8. The van der Waals surface area contributed by atoms with Crippen LogP contribution in [0.1, 0.15) is 5.56 Å². The molecule has 32 heavy (non-hydrogen) atoms. The van der Waals surface area contributed by atoms with E-state index >= 15 is 4.39 Å². The Bertz CT molecular complexity index is 1600. The van der Waals surface area contributed by atoms with E-state index < -0.39 is 5.82 Å². The molecule has 154 valence electrons. The van der Waals surface area contributed by atoms with Gasteiger partial charge in [-0.3, -0.25) is 15.1 Å². The number of hydrogen-bond donors (Lipinski definition) is 2. The molecule has 0 radical (unpaired) electrons. The van der Waals surface area contributed by atoms with Crippen molar-refractivity contribution in [1.29, 1.82) is 0 Å². The van der Waals surface area contributed by atoms with Crippen molar-refractivity contribution >= 4 is 22.2 Å². The number of imidazole rings is 1. The molecule has 6 aromatic heterocycles. The van der Waals surface area contributed by atoms with Crippen LogP contribution in [0.15, 0.2) is 61.3 Å². The van der Waals surface area contributed by atoms with E-state index in [0.29, 0.717) is 39.5 Å². The average molecular weight is 422 g/mol. The number of halogens is 1. The Morgan fingerprint density at radius 3 is 2.62 bits per heavy atom. The Labute approximate surface area is 180 Å². The molecule has 0 unspecified atom stereocenters. The molecule has 0 bridgehead atoms. The first-order valence-electron chi connectivity index (χ1n) is 9.91. The number of rotatable bonds is 3. The summed E-state index contributed by atoms with van der Waals surface area (Å²) in [5, 5.41) is 7.36. The van der Waals surface area contributed by atoms with Gasteiger partial charge in [-0.2, -0.15) is 5.10 Å². The first kappa shape index (κ1) is 18.3. The van der Waals surface area contributed by atoms with E-state index in [9.17, 15) is 0 Å². The third-order valence-electron chi connectivity index (χ3n) is 5.40. The zero-order valence-electron chi connectivity index (χ0n) is 16.8. The van der Waals surface area contributed by atoms with Crippen molar-refractivity contribution < 1.29 is 4.39 Å². The van der Waals surface area contributed by atoms with Gasteiger partial charge in [0.25, 0.3) is 0 Å². The van der Waals surface area contributed by atoms with Crippen LogP contribution in [0, 0.1) is 12.7 Å². The molecule has 0 amide bonds. The molecule has 0 fully saturated rings. The number of fused-ring (bicyclic) bond motifs is 2. The molecule has 6 heterocycles. The number of nitrogens with one attached hydrogen (secondary N) is 2. The summed E-state index contributed by atoms with van der Waals surface area (Å²) in [6, 6.07) is 9.35. The number of hydrogen-bond acceptors (Lipinski definition) is 6. The Morgan fingerprint density at radius 1 is 0.844 bits per heavy atom. The number of pyridine rings is 4. The van der Waals surface area contributed by atoms with Crippen LogP contribution < -0.4 is 0 Å². The van der Waals surface area contributed by atoms with Crippen LogP contribution >= 0.6 is 0 Å². The van der Waals surface area contributed by atoms with Gasteiger partial charge in [0.05, 0.1) is 11.1 Å². The van der Waals surface area contributed by atoms with Crippen LogP contribution in [-0.4, -0.2) is 40.1 Å². The third kappa shape index (κ3) is 2.75. The second-order valence-electron chi connectivity index (χ2n) is 7.33. The summed E-state index contributed by atoms with van der Waals surface area (Å²) in [4.78, 5) is 25.1. The fourth-order valence-electron chi connectivity index (χ4n) is 3.81. The smallest absolute Gasteiger partial charge is 0.161 e. The van der Waals surface area contributed by atoms with Crippen molar-refractivity contribution in [3.05, 3.63) is 72.7 Å². The molecule has 8 nitrogen and oxygen atoms in total. The van der Waals surface area contributed by atoms with E-state index in [1.165, 1.54) is 6.20 Å². The molecule has 0 aliphatic rings. The molecule has 0 aliphatic carbocycles. The van der Waals surface area contributed by atoms with E-state index in [4.69, 9.17) is 4.98 Å². The van der Waals surface area contributed by atoms with Crippen LogP contribution in [0.2, 0.25) is 0 Å². The van der Waals surface area contributed by atoms with Crippen LogP contribution in [-0.2, 0) is 0 Å². The van der Waals surface area contributed by atoms with Gasteiger partial charge in [-0.1, -0.05) is 6.07 Å². The molecule has 0 atom stereocenters. The van der Waals surface area contributed by atoms with E-state index in [1.807, 2.05) is 37.3 Å². The molecule has 6 aromatic rings. The van der Waals surface area contributed by atoms with Crippen molar-refractivity contribution in [2.24, 2.45) is 0 Å². The van der Waals surface area contributed by atoms with E-state index in [2.05, 4.69) is 35.1 Å². The van der Waals surface area contributed by atoms with Crippen LogP contribution in [0.3, 0.4) is 0 Å². The Kier molecular flexibility index (Phi) is 4.00. The normalized spacial score (nSPS) is 11.4. The molecular weight excluding hydrogens is 407 g/mol. The van der Waals surface area contributed by atoms with Gasteiger partial charge >= 0.3 is 0 Å². The highest BCUT2D eigenvalue weighted by atomic mass is 19.1. The first-order chi connectivity index (χ1) is 15.7. The minimum absolute atomic E-state index is 0.254. The zero-order valence-corrected chi connectivity index (χ0v) is 16.8. The number of aryl methyl sites for hydroxylation is 1. The van der Waals surface area contributed by atoms with Crippen LogP contribution in [0.25, 0.3) is 56.1 Å². The summed E-state index contributed by atoms with van der Waals surface area (Å²) in [7, 11) is 0. The van der Waals surface area contributed by atoms with Gasteiger partial charge in [-0.15, -0.1) is 0 Å². The molecule has 0 aromatic carbocycles. The molecule has 0 aliphatic heterocycles. The Balaban J connectivity index is 1.56. The van der Waals surface area contributed by atoms with Crippen molar-refractivity contribution in [2.45, 2.75) is 6.92 Å². The summed E-state index contributed by atoms with van der Waals surface area (Å²) in [6.45, 7) is 1.90. The molecule has 6 rings (SSSR count). The number of H-pyrrole nitrogens is 2. The largest absolute Gasteiger partial charge is 0.321 e. The van der Waals surface area contributed by atoms with Crippen LogP contribution in [0.4, 0.5) is 4.39 Å². The lowest BCUT2D eigenvalue weighted by molar-refractivity contribution is 0.642. The lowest BCUT2D eigenvalue weighted by Crippen LogP contribution is -1.93. The maximum absolute atomic E-state index is 15.7. The molecule has 0 spiro atoms. The second kappa shape index (κ2) is 7.02. The molecule has 0 saturated carbocycles. The predicted octanol–water partition coefficient (Wildman–Crippen LogP) is 4.47. The number of aromatic amines is 2. The minimum atomic E-state index is -0.437. The van der Waals surface area contributed by atoms with Crippen molar-refractivity contribution in [1.82, 2.24) is 40.1 Å². The van der Waals surface area contributed by atoms with Gasteiger partial charge in [0.15, 0.2) is 17.1 Å². The fourth-order valence-corrected chi connectivity index (χ4v) is 3.81. The zero-order chi connectivity index (χ0) is 21.7. The maximum atomic E-state index is 15.7. The standard InChI is InChI=1S/C23H15FN8/c1-12-5-8-25-10-14(12)15-11-28-21-17(18(15)24)20(31-32-21)23-29-19-13(6-9-27-22(19)30-23)16-4-2-3-7-26-16/h2-11H,1H3,(H,27,29,30)(H,28,31,32). The molecule has 0 saturated heterocycles. The van der Waals surface area contributed by atoms with Gasteiger partial charge < -0.3 is 4.98 Å². The van der Waals surface area contributed by atoms with Gasteiger partial charge in [0, 0.05) is 47.7 Å². The SMILES string of the molecule is Cc1ccncc1-c1cnc2[nH]nc(-c3nc4c(-c5ccccn5)ccnc4[nH]3)c2c1F. The third-order valence-corrected chi connectivity index (χ3v) is 5.40. The maximum Gasteiger partial charge on any atom is 0.161 e. The lowest BCUT2D eigenvalue weighted by atomic mass is 10.0. The highest BCUT2D eigenvalue weighted by Crippen LogP contribution is 2.34. The van der Waals surface area contributed by atoms with Gasteiger partial charge in [-0.25, -0.2) is 19.3 Å². The van der Waals surface area contributed by atoms with Gasteiger partial charge in [0.2, 0.25) is 0 Å². The second-order valence-corrected chi connectivity index (χ2v) is 7.33. The topological polar surface area (TPSA) is 109 Å². The van der Waals surface area contributed by atoms with Crippen LogP contribution in [0.5, 0.6) is 0 Å². The van der Waals surface area contributed by atoms with E-state index in [-0.39, 0.29) is 5.39 Å². The lowest BCUT2D eigenvalue weighted by Gasteiger charge is -2.06. The summed E-state index contributed by atoms with van der Waals surface area (Å²) < 4.78 is 15.7. The monoisotopic (exact) mass is 422 g/mol. The van der Waals surface area contributed by atoms with Gasteiger partial charge in [-0.05, 0) is 36.8 Å². The highest BCUT2D eigenvalue weighted by Gasteiger charge is 2.22. The van der Waals surface area contributed by atoms with Crippen molar-refractivity contribution in [2.75, 3.05) is 0 Å². The summed E-state index contributed by atoms with van der Waals surface area (Å²) >= 11 is 0. The quantitative estimate of drug-likeness (QED) is 0.436. The number of nitrogens with zero attached hydrogens (tertiary/aromatic N) is 6. The van der Waals surface area contributed by atoms with E-state index in [0.717, 1.165) is 16.8 Å². The highest BCUT2D eigenvalue weighted by molar-refractivity contribution is 5.96. The average Bonchev–Trinajstić information content (AvgIpc) is 3.45. The Hall–Kier alpha value is -4.53. The predicted molar refractivity (Wildman–Crippen MR) is 118 cm³/mol. The fraction of sp³-hybridized carbons (Fsp3) is 0.0435. The van der Waals surface area contributed by atoms with E-state index in [1.54, 1.807) is 24.8 Å². The van der Waals surface area contributed by atoms with Gasteiger partial charge in [0.1, 0.15) is 17.0 Å². The van der Waals surface area contributed by atoms with Crippen molar-refractivity contribution in [3.63, 3.8) is 0 Å². The summed E-state index contributed by atoms with van der Waals surface area (Å²) in [6.07, 6.45) is 8.20.